The first-order valence-corrected chi connectivity index (χ1v) is 6.33. The number of hydrogen-bond acceptors (Lipinski definition) is 3. The topological polar surface area (TPSA) is 61.0 Å². The van der Waals surface area contributed by atoms with Gasteiger partial charge in [0.25, 0.3) is 0 Å². The second kappa shape index (κ2) is 4.49. The molecule has 5 heteroatoms. The van der Waals surface area contributed by atoms with Crippen molar-refractivity contribution in [2.24, 2.45) is 5.92 Å². The third-order valence-electron chi connectivity index (χ3n) is 3.90. The fourth-order valence-electron chi connectivity index (χ4n) is 2.63. The van der Waals surface area contributed by atoms with Gasteiger partial charge in [-0.2, -0.15) is 5.10 Å². The van der Waals surface area contributed by atoms with Crippen LogP contribution in [0.2, 0.25) is 0 Å². The van der Waals surface area contributed by atoms with Crippen LogP contribution in [0.3, 0.4) is 0 Å². The van der Waals surface area contributed by atoms with Gasteiger partial charge in [-0.15, -0.1) is 0 Å². The minimum Gasteiger partial charge on any atom is -0.342 e. The number of nitrogens with one attached hydrogen (secondary N) is 2. The van der Waals surface area contributed by atoms with Crippen molar-refractivity contribution in [3.63, 3.8) is 0 Å². The van der Waals surface area contributed by atoms with E-state index in [1.165, 1.54) is 5.69 Å². The highest BCUT2D eigenvalue weighted by molar-refractivity contribution is 5.80. The number of rotatable bonds is 2. The molecule has 92 valence electrons. The molecule has 2 fully saturated rings. The monoisotopic (exact) mass is 234 g/mol. The Balaban J connectivity index is 1.55. The summed E-state index contributed by atoms with van der Waals surface area (Å²) in [6.07, 6.45) is 3.90. The number of aromatic amines is 1. The average molecular weight is 234 g/mol. The minimum absolute atomic E-state index is 0.235. The number of carbonyl (C=O) groups is 1. The van der Waals surface area contributed by atoms with E-state index in [-0.39, 0.29) is 5.92 Å². The Kier molecular flexibility index (Phi) is 2.84. The lowest BCUT2D eigenvalue weighted by Crippen LogP contribution is -2.53. The van der Waals surface area contributed by atoms with Crippen LogP contribution in [0.1, 0.15) is 24.5 Å². The number of aromatic nitrogens is 2. The van der Waals surface area contributed by atoms with Gasteiger partial charge in [-0.3, -0.25) is 9.89 Å². The van der Waals surface area contributed by atoms with Crippen molar-refractivity contribution in [2.45, 2.75) is 18.8 Å². The third kappa shape index (κ3) is 2.07. The zero-order chi connectivity index (χ0) is 11.7. The highest BCUT2D eigenvalue weighted by Gasteiger charge is 2.31. The predicted octanol–water partition coefficient (Wildman–Crippen LogP) is 0.335. The molecule has 3 rings (SSSR count). The van der Waals surface area contributed by atoms with Crippen molar-refractivity contribution in [1.29, 1.82) is 0 Å². The smallest absolute Gasteiger partial charge is 0.228 e. The van der Waals surface area contributed by atoms with Crippen LogP contribution in [-0.2, 0) is 4.79 Å². The number of hydrogen-bond donors (Lipinski definition) is 2. The molecular weight excluding hydrogens is 216 g/mol. The van der Waals surface area contributed by atoms with Crippen LogP contribution in [0.15, 0.2) is 12.3 Å². The Morgan fingerprint density at radius 3 is 2.65 bits per heavy atom. The van der Waals surface area contributed by atoms with E-state index in [1.807, 2.05) is 11.0 Å². The van der Waals surface area contributed by atoms with Crippen molar-refractivity contribution in [2.75, 3.05) is 26.2 Å². The Hall–Kier alpha value is -1.36. The lowest BCUT2D eigenvalue weighted by atomic mass is 9.92. The van der Waals surface area contributed by atoms with E-state index in [4.69, 9.17) is 0 Å². The molecule has 0 radical (unpaired) electrons. The summed E-state index contributed by atoms with van der Waals surface area (Å²) < 4.78 is 0. The van der Waals surface area contributed by atoms with Gasteiger partial charge in [0.1, 0.15) is 0 Å². The van der Waals surface area contributed by atoms with E-state index in [1.54, 1.807) is 6.20 Å². The number of likely N-dealkylation sites (tertiary alicyclic amines) is 1. The van der Waals surface area contributed by atoms with Gasteiger partial charge in [-0.1, -0.05) is 0 Å². The molecule has 2 saturated heterocycles. The second-order valence-electron chi connectivity index (χ2n) is 4.97. The van der Waals surface area contributed by atoms with Crippen LogP contribution >= 0.6 is 0 Å². The van der Waals surface area contributed by atoms with Crippen molar-refractivity contribution < 1.29 is 4.79 Å². The Morgan fingerprint density at radius 1 is 1.35 bits per heavy atom. The molecule has 1 amide bonds. The number of carbonyl (C=O) groups excluding carboxylic acids is 1. The molecule has 0 bridgehead atoms. The summed E-state index contributed by atoms with van der Waals surface area (Å²) >= 11 is 0. The molecule has 0 saturated carbocycles. The third-order valence-corrected chi connectivity index (χ3v) is 3.90. The minimum atomic E-state index is 0.235. The van der Waals surface area contributed by atoms with E-state index in [0.717, 1.165) is 39.0 Å². The SMILES string of the molecule is O=C(C1CNC1)N1CCC(c2ccn[nH]2)CC1. The number of nitrogens with zero attached hydrogens (tertiary/aromatic N) is 2. The highest BCUT2D eigenvalue weighted by Crippen LogP contribution is 2.27. The van der Waals surface area contributed by atoms with Crippen LogP contribution in [0.5, 0.6) is 0 Å². The van der Waals surface area contributed by atoms with Gasteiger partial charge in [0.15, 0.2) is 0 Å². The summed E-state index contributed by atoms with van der Waals surface area (Å²) in [5, 5.41) is 10.2. The Bertz CT molecular complexity index is 377. The lowest BCUT2D eigenvalue weighted by Gasteiger charge is -2.36. The highest BCUT2D eigenvalue weighted by atomic mass is 16.2. The summed E-state index contributed by atoms with van der Waals surface area (Å²) in [5.41, 5.74) is 1.21. The maximum atomic E-state index is 12.0. The molecule has 17 heavy (non-hydrogen) atoms. The molecule has 2 aliphatic heterocycles. The summed E-state index contributed by atoms with van der Waals surface area (Å²) in [6, 6.07) is 2.04. The van der Waals surface area contributed by atoms with Gasteiger partial charge in [-0.25, -0.2) is 0 Å². The Labute approximate surface area is 101 Å². The molecule has 2 N–H and O–H groups in total. The zero-order valence-electron chi connectivity index (χ0n) is 9.85. The van der Waals surface area contributed by atoms with E-state index in [9.17, 15) is 4.79 Å². The molecule has 3 heterocycles. The van der Waals surface area contributed by atoms with E-state index < -0.39 is 0 Å². The zero-order valence-corrected chi connectivity index (χ0v) is 9.85. The largest absolute Gasteiger partial charge is 0.342 e. The summed E-state index contributed by atoms with van der Waals surface area (Å²) in [7, 11) is 0. The van der Waals surface area contributed by atoms with Gasteiger partial charge in [0, 0.05) is 44.0 Å². The lowest BCUT2D eigenvalue weighted by molar-refractivity contribution is -0.138. The average Bonchev–Trinajstić information content (AvgIpc) is 2.80. The van der Waals surface area contributed by atoms with Gasteiger partial charge in [0.2, 0.25) is 5.91 Å². The summed E-state index contributed by atoms with van der Waals surface area (Å²) in [5.74, 6) is 1.12. The second-order valence-corrected chi connectivity index (χ2v) is 4.97. The predicted molar refractivity (Wildman–Crippen MR) is 63.5 cm³/mol. The fourth-order valence-corrected chi connectivity index (χ4v) is 2.63. The molecule has 2 aliphatic rings. The van der Waals surface area contributed by atoms with Crippen LogP contribution < -0.4 is 5.32 Å². The van der Waals surface area contributed by atoms with Crippen LogP contribution in [0.25, 0.3) is 0 Å². The van der Waals surface area contributed by atoms with Crippen molar-refractivity contribution in [3.8, 4) is 0 Å². The molecule has 0 aliphatic carbocycles. The quantitative estimate of drug-likeness (QED) is 0.775. The van der Waals surface area contributed by atoms with E-state index >= 15 is 0 Å². The van der Waals surface area contributed by atoms with Crippen LogP contribution in [0, 0.1) is 5.92 Å². The van der Waals surface area contributed by atoms with Crippen molar-refractivity contribution in [3.05, 3.63) is 18.0 Å². The maximum absolute atomic E-state index is 12.0. The van der Waals surface area contributed by atoms with E-state index in [0.29, 0.717) is 11.8 Å². The fraction of sp³-hybridized carbons (Fsp3) is 0.667. The molecule has 0 spiro atoms. The van der Waals surface area contributed by atoms with Crippen LogP contribution in [-0.4, -0.2) is 47.2 Å². The molecule has 1 aromatic rings. The summed E-state index contributed by atoms with van der Waals surface area (Å²) in [4.78, 5) is 14.1. The van der Waals surface area contributed by atoms with Gasteiger partial charge in [0.05, 0.1) is 5.92 Å². The van der Waals surface area contributed by atoms with Crippen molar-refractivity contribution in [1.82, 2.24) is 20.4 Å². The van der Waals surface area contributed by atoms with E-state index in [2.05, 4.69) is 15.5 Å². The van der Waals surface area contributed by atoms with Gasteiger partial charge in [-0.05, 0) is 18.9 Å². The molecule has 1 aromatic heterocycles. The molecule has 0 aromatic carbocycles. The van der Waals surface area contributed by atoms with Gasteiger partial charge >= 0.3 is 0 Å². The standard InChI is InChI=1S/C12H18N4O/c17-12(10-7-13-8-10)16-5-2-9(3-6-16)11-1-4-14-15-11/h1,4,9-10,13H,2-3,5-8H2,(H,14,15). The molecule has 5 nitrogen and oxygen atoms in total. The first-order chi connectivity index (χ1) is 8.34. The Morgan fingerprint density at radius 2 is 2.12 bits per heavy atom. The van der Waals surface area contributed by atoms with Gasteiger partial charge < -0.3 is 10.2 Å². The normalized spacial score (nSPS) is 22.5. The summed E-state index contributed by atoms with van der Waals surface area (Å²) in [6.45, 7) is 3.50. The molecule has 0 unspecified atom stereocenters. The molecule has 0 atom stereocenters. The number of H-pyrrole nitrogens is 1. The molecular formula is C12H18N4O. The first kappa shape index (κ1) is 10.8. The maximum Gasteiger partial charge on any atom is 0.228 e. The first-order valence-electron chi connectivity index (χ1n) is 6.33. The van der Waals surface area contributed by atoms with Crippen molar-refractivity contribution >= 4 is 5.91 Å². The number of amides is 1. The number of piperidine rings is 1. The van der Waals surface area contributed by atoms with Crippen LogP contribution in [0.4, 0.5) is 0 Å².